The van der Waals surface area contributed by atoms with Gasteiger partial charge in [0.05, 0.1) is 12.9 Å². The minimum Gasteiger partial charge on any atom is -0.508 e. The Balaban J connectivity index is 0.000000488. The number of unbranched alkanes of at least 4 members (excludes halogenated alkanes) is 9. The molecular weight excluding hydrogens is 296 g/mol. The number of nitrogens with one attached hydrogen (secondary N) is 1. The van der Waals surface area contributed by atoms with Gasteiger partial charge in [-0.2, -0.15) is 0 Å². The molecule has 136 valence electrons. The van der Waals surface area contributed by atoms with Crippen molar-refractivity contribution in [2.45, 2.75) is 77.6 Å². The van der Waals surface area contributed by atoms with Crippen molar-refractivity contribution in [2.75, 3.05) is 13.1 Å². The monoisotopic (exact) mass is 332 g/mol. The van der Waals surface area contributed by atoms with Crippen LogP contribution in [0.2, 0.25) is 0 Å². The van der Waals surface area contributed by atoms with E-state index in [2.05, 4.69) is 17.2 Å². The molecule has 1 aromatic rings. The van der Waals surface area contributed by atoms with Crippen molar-refractivity contribution in [3.63, 3.8) is 0 Å². The van der Waals surface area contributed by atoms with Crippen molar-refractivity contribution in [1.82, 2.24) is 5.32 Å². The molecule has 2 N–H and O–H groups in total. The molecule has 0 fully saturated rings. The molecule has 2 rings (SSSR count). The van der Waals surface area contributed by atoms with Crippen LogP contribution >= 0.6 is 0 Å². The first-order valence-corrected chi connectivity index (χ1v) is 9.83. The van der Waals surface area contributed by atoms with E-state index in [9.17, 15) is 5.11 Å². The Hall–Kier alpha value is -1.51. The van der Waals surface area contributed by atoms with Crippen LogP contribution in [-0.2, 0) is 6.42 Å². The van der Waals surface area contributed by atoms with Gasteiger partial charge in [0.15, 0.2) is 0 Å². The molecule has 24 heavy (non-hydrogen) atoms. The molecule has 0 radical (unpaired) electrons. The predicted octanol–water partition coefficient (Wildman–Crippen LogP) is 5.47. The largest absolute Gasteiger partial charge is 0.508 e. The van der Waals surface area contributed by atoms with Gasteiger partial charge in [-0.05, 0) is 24.5 Å². The van der Waals surface area contributed by atoms with Gasteiger partial charge in [-0.1, -0.05) is 82.9 Å². The molecule has 1 heterocycles. The summed E-state index contributed by atoms with van der Waals surface area (Å²) in [6, 6.07) is 7.71. The molecule has 1 aromatic carbocycles. The van der Waals surface area contributed by atoms with Crippen molar-refractivity contribution in [2.24, 2.45) is 4.99 Å². The molecule has 0 unspecified atom stereocenters. The standard InChI is InChI=1S/C18H30O.C3H6N2/c1-2-3-4-5-6-7-8-9-10-11-14-17-15-12-13-16-18(17)19;1-2-5-3-4-1/h12-13,15-16,19H,2-11,14H2,1H3;3H,1-2H2,(H,4,5). The molecule has 3 heteroatoms. The molecule has 1 aliphatic rings. The van der Waals surface area contributed by atoms with Crippen molar-refractivity contribution < 1.29 is 5.11 Å². The zero-order valence-corrected chi connectivity index (χ0v) is 15.5. The number of nitrogens with zero attached hydrogens (tertiary/aromatic N) is 1. The maximum Gasteiger partial charge on any atom is 0.118 e. The number of hydrogen-bond acceptors (Lipinski definition) is 3. The predicted molar refractivity (Wildman–Crippen MR) is 105 cm³/mol. The fourth-order valence-electron chi connectivity index (χ4n) is 2.85. The number of benzene rings is 1. The van der Waals surface area contributed by atoms with E-state index >= 15 is 0 Å². The number of aryl methyl sites for hydroxylation is 1. The smallest absolute Gasteiger partial charge is 0.118 e. The third-order valence-electron chi connectivity index (χ3n) is 4.36. The maximum absolute atomic E-state index is 9.65. The third kappa shape index (κ3) is 11.1. The lowest BCUT2D eigenvalue weighted by Gasteiger charge is -2.04. The van der Waals surface area contributed by atoms with E-state index in [4.69, 9.17) is 0 Å². The van der Waals surface area contributed by atoms with E-state index in [1.807, 2.05) is 18.2 Å². The molecule has 0 bridgehead atoms. The van der Waals surface area contributed by atoms with Crippen molar-refractivity contribution in [3.05, 3.63) is 29.8 Å². The highest BCUT2D eigenvalue weighted by molar-refractivity contribution is 5.56. The SMILES string of the molecule is C1=NCCN1.CCCCCCCCCCCCc1ccccc1O. The van der Waals surface area contributed by atoms with Crippen LogP contribution in [0.25, 0.3) is 0 Å². The van der Waals surface area contributed by atoms with E-state index < -0.39 is 0 Å². The Morgan fingerprint density at radius 2 is 1.54 bits per heavy atom. The van der Waals surface area contributed by atoms with Gasteiger partial charge in [-0.15, -0.1) is 0 Å². The Labute approximate surface area is 148 Å². The summed E-state index contributed by atoms with van der Waals surface area (Å²) in [5, 5.41) is 12.6. The lowest BCUT2D eigenvalue weighted by Crippen LogP contribution is -2.04. The van der Waals surface area contributed by atoms with Gasteiger partial charge in [-0.3, -0.25) is 4.99 Å². The minimum atomic E-state index is 0.457. The minimum absolute atomic E-state index is 0.457. The number of aromatic hydroxyl groups is 1. The van der Waals surface area contributed by atoms with Crippen LogP contribution in [0, 0.1) is 0 Å². The van der Waals surface area contributed by atoms with Crippen molar-refractivity contribution >= 4 is 6.34 Å². The van der Waals surface area contributed by atoms with E-state index in [0.29, 0.717) is 5.75 Å². The van der Waals surface area contributed by atoms with Crippen LogP contribution < -0.4 is 5.32 Å². The third-order valence-corrected chi connectivity index (χ3v) is 4.36. The highest BCUT2D eigenvalue weighted by Gasteiger charge is 1.99. The van der Waals surface area contributed by atoms with Crippen molar-refractivity contribution in [3.8, 4) is 5.75 Å². The molecule has 0 aliphatic carbocycles. The second-order valence-electron chi connectivity index (χ2n) is 6.55. The summed E-state index contributed by atoms with van der Waals surface area (Å²) in [6.45, 7) is 4.25. The highest BCUT2D eigenvalue weighted by atomic mass is 16.3. The average Bonchev–Trinajstić information content (AvgIpc) is 3.18. The molecule has 0 saturated heterocycles. The summed E-state index contributed by atoms with van der Waals surface area (Å²) < 4.78 is 0. The fourth-order valence-corrected chi connectivity index (χ4v) is 2.85. The average molecular weight is 333 g/mol. The van der Waals surface area contributed by atoms with Crippen LogP contribution in [0.4, 0.5) is 0 Å². The number of rotatable bonds is 11. The van der Waals surface area contributed by atoms with E-state index in [0.717, 1.165) is 25.1 Å². The van der Waals surface area contributed by atoms with Gasteiger partial charge in [0.1, 0.15) is 5.75 Å². The van der Waals surface area contributed by atoms with E-state index in [1.165, 1.54) is 64.2 Å². The van der Waals surface area contributed by atoms with Crippen LogP contribution in [0.15, 0.2) is 29.3 Å². The number of hydrogen-bond donors (Lipinski definition) is 2. The second-order valence-corrected chi connectivity index (χ2v) is 6.55. The number of aliphatic imine (C=N–C) groups is 1. The Kier molecular flexibility index (Phi) is 12.9. The van der Waals surface area contributed by atoms with Gasteiger partial charge < -0.3 is 10.4 Å². The topological polar surface area (TPSA) is 44.6 Å². The molecule has 0 atom stereocenters. The normalized spacial score (nSPS) is 12.5. The molecule has 0 amide bonds. The summed E-state index contributed by atoms with van der Waals surface area (Å²) in [6.07, 6.45) is 16.4. The summed E-state index contributed by atoms with van der Waals surface area (Å²) in [5.41, 5.74) is 1.10. The summed E-state index contributed by atoms with van der Waals surface area (Å²) in [4.78, 5) is 3.85. The van der Waals surface area contributed by atoms with Gasteiger partial charge in [0.2, 0.25) is 0 Å². The zero-order chi connectivity index (χ0) is 17.3. The summed E-state index contributed by atoms with van der Waals surface area (Å²) in [5.74, 6) is 0.457. The second kappa shape index (κ2) is 15.0. The molecule has 0 saturated carbocycles. The first-order valence-electron chi connectivity index (χ1n) is 9.83. The quantitative estimate of drug-likeness (QED) is 0.527. The summed E-state index contributed by atoms with van der Waals surface area (Å²) in [7, 11) is 0. The fraction of sp³-hybridized carbons (Fsp3) is 0.667. The van der Waals surface area contributed by atoms with E-state index in [1.54, 1.807) is 12.4 Å². The van der Waals surface area contributed by atoms with Crippen LogP contribution in [0.3, 0.4) is 0 Å². The first kappa shape index (κ1) is 20.5. The van der Waals surface area contributed by atoms with Crippen LogP contribution in [-0.4, -0.2) is 24.5 Å². The van der Waals surface area contributed by atoms with Crippen LogP contribution in [0.1, 0.15) is 76.7 Å². The Morgan fingerprint density at radius 3 is 2.04 bits per heavy atom. The van der Waals surface area contributed by atoms with Gasteiger partial charge in [0.25, 0.3) is 0 Å². The van der Waals surface area contributed by atoms with Crippen LogP contribution in [0.5, 0.6) is 5.75 Å². The maximum atomic E-state index is 9.65. The van der Waals surface area contributed by atoms with Gasteiger partial charge in [-0.25, -0.2) is 0 Å². The molecule has 0 aromatic heterocycles. The van der Waals surface area contributed by atoms with Gasteiger partial charge >= 0.3 is 0 Å². The molecule has 3 nitrogen and oxygen atoms in total. The number of para-hydroxylation sites is 1. The zero-order valence-electron chi connectivity index (χ0n) is 15.5. The molecule has 0 spiro atoms. The number of phenols is 1. The molecular formula is C21H36N2O. The van der Waals surface area contributed by atoms with E-state index in [-0.39, 0.29) is 0 Å². The highest BCUT2D eigenvalue weighted by Crippen LogP contribution is 2.19. The Morgan fingerprint density at radius 1 is 0.917 bits per heavy atom. The first-order chi connectivity index (χ1) is 11.8. The van der Waals surface area contributed by atoms with Crippen molar-refractivity contribution in [1.29, 1.82) is 0 Å². The summed E-state index contributed by atoms with van der Waals surface area (Å²) >= 11 is 0. The lowest BCUT2D eigenvalue weighted by molar-refractivity contribution is 0.466. The van der Waals surface area contributed by atoms with Gasteiger partial charge in [0, 0.05) is 6.54 Å². The number of phenolic OH excluding ortho intramolecular Hbond substituents is 1. The Bertz CT molecular complexity index is 426. The molecule has 1 aliphatic heterocycles. The lowest BCUT2D eigenvalue weighted by atomic mass is 10.0.